The number of fused-ring (bicyclic) bond motifs is 1. The topological polar surface area (TPSA) is 53.4 Å². The maximum absolute atomic E-state index is 13.7. The summed E-state index contributed by atoms with van der Waals surface area (Å²) in [4.78, 5) is 16.7. The zero-order valence-electron chi connectivity index (χ0n) is 15.4. The fraction of sp³-hybridized carbons (Fsp3) is 0.0476. The summed E-state index contributed by atoms with van der Waals surface area (Å²) in [6, 6.07) is 16.2. The summed E-state index contributed by atoms with van der Waals surface area (Å²) in [5.74, 6) is -0.901. The molecule has 0 saturated heterocycles. The molecule has 0 saturated carbocycles. The molecule has 1 heterocycles. The van der Waals surface area contributed by atoms with Crippen LogP contribution in [0.2, 0.25) is 5.02 Å². The molecule has 0 aliphatic carbocycles. The van der Waals surface area contributed by atoms with Crippen LogP contribution in [-0.2, 0) is 6.18 Å². The molecule has 1 amide bonds. The van der Waals surface area contributed by atoms with Crippen molar-refractivity contribution >= 4 is 56.5 Å². The molecule has 10 heteroatoms. The van der Waals surface area contributed by atoms with Gasteiger partial charge in [0, 0.05) is 15.5 Å². The molecular weight excluding hydrogens is 469 g/mol. The Morgan fingerprint density at radius 3 is 2.55 bits per heavy atom. The van der Waals surface area contributed by atoms with Gasteiger partial charge in [0.1, 0.15) is 0 Å². The van der Waals surface area contributed by atoms with Gasteiger partial charge in [0.2, 0.25) is 0 Å². The fourth-order valence-electron chi connectivity index (χ4n) is 2.81. The van der Waals surface area contributed by atoms with E-state index in [4.69, 9.17) is 11.6 Å². The van der Waals surface area contributed by atoms with E-state index in [-0.39, 0.29) is 26.2 Å². The van der Waals surface area contributed by atoms with Crippen molar-refractivity contribution in [3.8, 4) is 0 Å². The summed E-state index contributed by atoms with van der Waals surface area (Å²) < 4.78 is 42.5. The maximum Gasteiger partial charge on any atom is 0.417 e. The second-order valence-corrected chi connectivity index (χ2v) is 9.11. The lowest BCUT2D eigenvalue weighted by atomic mass is 10.1. The van der Waals surface area contributed by atoms with Crippen LogP contribution in [0.1, 0.15) is 15.9 Å². The van der Waals surface area contributed by atoms with Crippen LogP contribution in [0.3, 0.4) is 0 Å². The number of hydrogen-bond acceptors (Lipinski definition) is 5. The Bertz CT molecular complexity index is 1240. The Hall–Kier alpha value is -2.59. The summed E-state index contributed by atoms with van der Waals surface area (Å²) in [6.07, 6.45) is -4.70. The monoisotopic (exact) mass is 480 g/mol. The van der Waals surface area contributed by atoms with Gasteiger partial charge in [-0.2, -0.15) is 18.2 Å². The standard InChI is InChI=1S/C21H12ClF3N2O2S2/c22-13-5-3-4-12(10-13)19(28)27(29)14-8-9-17(15(11-14)21(23,24)25)30-20-26-16-6-1-2-7-18(16)31-20/h1-11,29H. The van der Waals surface area contributed by atoms with Gasteiger partial charge in [0.25, 0.3) is 5.91 Å². The van der Waals surface area contributed by atoms with Crippen molar-refractivity contribution in [2.24, 2.45) is 0 Å². The molecule has 4 aromatic rings. The Kier molecular flexibility index (Phi) is 5.94. The Balaban J connectivity index is 1.67. The van der Waals surface area contributed by atoms with Gasteiger partial charge in [0.15, 0.2) is 4.34 Å². The largest absolute Gasteiger partial charge is 0.417 e. The summed E-state index contributed by atoms with van der Waals surface area (Å²) in [6.45, 7) is 0. The number of carbonyl (C=O) groups excluding carboxylic acids is 1. The van der Waals surface area contributed by atoms with Crippen molar-refractivity contribution < 1.29 is 23.2 Å². The number of nitrogens with zero attached hydrogens (tertiary/aromatic N) is 2. The third-order valence-corrected chi connectivity index (χ3v) is 6.66. The van der Waals surface area contributed by atoms with Crippen LogP contribution in [-0.4, -0.2) is 16.1 Å². The Morgan fingerprint density at radius 2 is 1.84 bits per heavy atom. The minimum absolute atomic E-state index is 0.0384. The summed E-state index contributed by atoms with van der Waals surface area (Å²) >= 11 is 8.01. The van der Waals surface area contributed by atoms with E-state index in [2.05, 4.69) is 4.98 Å². The van der Waals surface area contributed by atoms with Gasteiger partial charge in [-0.3, -0.25) is 10.0 Å². The number of hydrogen-bond donors (Lipinski definition) is 1. The van der Waals surface area contributed by atoms with Crippen LogP contribution in [0.4, 0.5) is 18.9 Å². The number of para-hydroxylation sites is 1. The van der Waals surface area contributed by atoms with Crippen LogP contribution in [0, 0.1) is 0 Å². The lowest BCUT2D eigenvalue weighted by Crippen LogP contribution is -2.27. The van der Waals surface area contributed by atoms with Gasteiger partial charge in [-0.15, -0.1) is 11.3 Å². The fourth-order valence-corrected chi connectivity index (χ4v) is 5.16. The highest BCUT2D eigenvalue weighted by Gasteiger charge is 2.35. The average Bonchev–Trinajstić information content (AvgIpc) is 3.14. The third-order valence-electron chi connectivity index (χ3n) is 4.25. The van der Waals surface area contributed by atoms with E-state index in [0.29, 0.717) is 9.86 Å². The molecule has 0 atom stereocenters. The number of benzene rings is 3. The van der Waals surface area contributed by atoms with Crippen molar-refractivity contribution in [1.82, 2.24) is 4.98 Å². The molecule has 0 unspecified atom stereocenters. The predicted octanol–water partition coefficient (Wildman–Crippen LogP) is 7.16. The van der Waals surface area contributed by atoms with Crippen LogP contribution in [0.25, 0.3) is 10.2 Å². The van der Waals surface area contributed by atoms with Crippen molar-refractivity contribution in [3.05, 3.63) is 82.9 Å². The van der Waals surface area contributed by atoms with E-state index in [1.165, 1.54) is 47.7 Å². The Morgan fingerprint density at radius 1 is 1.06 bits per heavy atom. The molecule has 0 aliphatic rings. The summed E-state index contributed by atoms with van der Waals surface area (Å²) in [5.41, 5.74) is -0.552. The van der Waals surface area contributed by atoms with Crippen molar-refractivity contribution in [2.45, 2.75) is 15.4 Å². The van der Waals surface area contributed by atoms with Crippen molar-refractivity contribution in [3.63, 3.8) is 0 Å². The third kappa shape index (κ3) is 4.69. The molecule has 158 valence electrons. The summed E-state index contributed by atoms with van der Waals surface area (Å²) in [5, 5.41) is 10.7. The van der Waals surface area contributed by atoms with Gasteiger partial charge in [-0.25, -0.2) is 4.98 Å². The van der Waals surface area contributed by atoms with Gasteiger partial charge >= 0.3 is 6.18 Å². The number of anilines is 1. The smallest absolute Gasteiger partial charge is 0.281 e. The predicted molar refractivity (Wildman–Crippen MR) is 115 cm³/mol. The number of hydroxylamine groups is 1. The highest BCUT2D eigenvalue weighted by atomic mass is 35.5. The zero-order chi connectivity index (χ0) is 22.2. The SMILES string of the molecule is O=C(c1cccc(Cl)c1)N(O)c1ccc(Sc2nc3ccccc3s2)c(C(F)(F)F)c1. The number of aromatic nitrogens is 1. The van der Waals surface area contributed by atoms with Gasteiger partial charge in [0.05, 0.1) is 21.5 Å². The molecule has 0 spiro atoms. The first-order valence-electron chi connectivity index (χ1n) is 8.76. The van der Waals surface area contributed by atoms with E-state index in [9.17, 15) is 23.2 Å². The molecule has 0 aliphatic heterocycles. The molecule has 0 bridgehead atoms. The first kappa shape index (κ1) is 21.6. The number of amides is 1. The van der Waals surface area contributed by atoms with Gasteiger partial charge in [-0.05, 0) is 48.5 Å². The zero-order valence-corrected chi connectivity index (χ0v) is 17.8. The number of carbonyl (C=O) groups is 1. The number of alkyl halides is 3. The highest BCUT2D eigenvalue weighted by Crippen LogP contribution is 2.43. The number of thiazole rings is 1. The molecule has 1 N–H and O–H groups in total. The van der Waals surface area contributed by atoms with Crippen LogP contribution < -0.4 is 5.06 Å². The lowest BCUT2D eigenvalue weighted by Gasteiger charge is -2.18. The molecule has 0 radical (unpaired) electrons. The first-order chi connectivity index (χ1) is 14.7. The quantitative estimate of drug-likeness (QED) is 0.249. The van der Waals surface area contributed by atoms with E-state index < -0.39 is 17.6 Å². The second-order valence-electron chi connectivity index (χ2n) is 6.36. The molecular formula is C21H12ClF3N2O2S2. The van der Waals surface area contributed by atoms with E-state index >= 15 is 0 Å². The minimum Gasteiger partial charge on any atom is -0.281 e. The molecule has 1 aromatic heterocycles. The van der Waals surface area contributed by atoms with Crippen molar-refractivity contribution in [2.75, 3.05) is 5.06 Å². The van der Waals surface area contributed by atoms with E-state index in [0.717, 1.165) is 22.5 Å². The normalized spacial score (nSPS) is 11.6. The molecule has 4 rings (SSSR count). The van der Waals surface area contributed by atoms with Crippen molar-refractivity contribution in [1.29, 1.82) is 0 Å². The number of rotatable bonds is 4. The number of halogens is 4. The van der Waals surface area contributed by atoms with E-state index in [1.807, 2.05) is 12.1 Å². The highest BCUT2D eigenvalue weighted by molar-refractivity contribution is 8.01. The van der Waals surface area contributed by atoms with Crippen LogP contribution in [0.15, 0.2) is 76.0 Å². The van der Waals surface area contributed by atoms with Gasteiger partial charge < -0.3 is 0 Å². The molecule has 4 nitrogen and oxygen atoms in total. The van der Waals surface area contributed by atoms with E-state index in [1.54, 1.807) is 12.1 Å². The van der Waals surface area contributed by atoms with Gasteiger partial charge in [-0.1, -0.05) is 41.6 Å². The molecule has 31 heavy (non-hydrogen) atoms. The average molecular weight is 481 g/mol. The first-order valence-corrected chi connectivity index (χ1v) is 10.8. The lowest BCUT2D eigenvalue weighted by molar-refractivity contribution is -0.139. The van der Waals surface area contributed by atoms with Crippen LogP contribution in [0.5, 0.6) is 0 Å². The Labute approximate surface area is 187 Å². The summed E-state index contributed by atoms with van der Waals surface area (Å²) in [7, 11) is 0. The van der Waals surface area contributed by atoms with Crippen LogP contribution >= 0.6 is 34.7 Å². The minimum atomic E-state index is -4.70. The molecule has 3 aromatic carbocycles. The second kappa shape index (κ2) is 8.51. The maximum atomic E-state index is 13.7. The molecule has 0 fully saturated rings.